The van der Waals surface area contributed by atoms with E-state index in [1.807, 2.05) is 0 Å². The number of halogens is 2. The maximum atomic E-state index is 15.6. The van der Waals surface area contributed by atoms with Gasteiger partial charge in [0.05, 0.1) is 52.1 Å². The molecule has 0 amide bonds. The Morgan fingerprint density at radius 2 is 1.51 bits per heavy atom. The van der Waals surface area contributed by atoms with E-state index in [0.717, 1.165) is 53.0 Å². The van der Waals surface area contributed by atoms with Crippen molar-refractivity contribution in [3.8, 4) is 34.5 Å². The van der Waals surface area contributed by atoms with Gasteiger partial charge < -0.3 is 48.0 Å². The Morgan fingerprint density at radius 3 is 2.07 bits per heavy atom. The summed E-state index contributed by atoms with van der Waals surface area (Å²) in [6, 6.07) is 10.6. The molecule has 55 heavy (non-hydrogen) atoms. The molecule has 1 N–H and O–H groups in total. The molecule has 17 heteroatoms. The van der Waals surface area contributed by atoms with Crippen molar-refractivity contribution in [2.45, 2.75) is 13.5 Å². The number of nitro benzene ring substituents is 1. The zero-order valence-corrected chi connectivity index (χ0v) is 31.0. The molecule has 3 aromatic carbocycles. The molecule has 0 radical (unpaired) electrons. The van der Waals surface area contributed by atoms with E-state index in [1.165, 1.54) is 39.7 Å². The zero-order valence-electron chi connectivity index (χ0n) is 31.0. The number of likely N-dealkylation sites (N-methyl/N-ethyl adjacent to an activating group) is 1. The predicted molar refractivity (Wildman–Crippen MR) is 198 cm³/mol. The van der Waals surface area contributed by atoms with Gasteiger partial charge in [-0.05, 0) is 42.4 Å². The normalized spacial score (nSPS) is 13.1. The van der Waals surface area contributed by atoms with Gasteiger partial charge in [-0.25, -0.2) is 13.8 Å². The number of nitro groups is 1. The van der Waals surface area contributed by atoms with Gasteiger partial charge in [-0.15, -0.1) is 0 Å². The third-order valence-electron chi connectivity index (χ3n) is 9.27. The second kappa shape index (κ2) is 16.3. The Bertz CT molecular complexity index is 2190. The van der Waals surface area contributed by atoms with E-state index in [0.29, 0.717) is 28.5 Å². The average Bonchev–Trinajstić information content (AvgIpc) is 3.57. The number of hydrogen-bond acceptors (Lipinski definition) is 14. The van der Waals surface area contributed by atoms with Crippen molar-refractivity contribution < 1.29 is 51.3 Å². The lowest BCUT2D eigenvalue weighted by molar-refractivity contribution is -0.383. The van der Waals surface area contributed by atoms with Gasteiger partial charge in [-0.3, -0.25) is 14.9 Å². The zero-order chi connectivity index (χ0) is 39.4. The van der Waals surface area contributed by atoms with Gasteiger partial charge in [0.2, 0.25) is 17.3 Å². The molecule has 2 aromatic heterocycles. The lowest BCUT2D eigenvalue weighted by atomic mass is 10.0. The number of nitrogens with one attached hydrogen (secondary N) is 1. The molecule has 5 aromatic rings. The summed E-state index contributed by atoms with van der Waals surface area (Å²) in [6.07, 6.45) is 1.26. The third kappa shape index (κ3) is 7.55. The molecule has 0 bridgehead atoms. The molecule has 15 nitrogen and oxygen atoms in total. The Hall–Kier alpha value is -6.36. The first-order chi connectivity index (χ1) is 26.5. The number of anilines is 3. The number of carbonyl (C=O) groups excluding carboxylic acids is 1. The van der Waals surface area contributed by atoms with Crippen LogP contribution in [0.25, 0.3) is 11.0 Å². The van der Waals surface area contributed by atoms with Crippen LogP contribution in [-0.2, 0) is 6.61 Å². The van der Waals surface area contributed by atoms with Gasteiger partial charge in [0.25, 0.3) is 5.69 Å². The van der Waals surface area contributed by atoms with E-state index in [2.05, 4.69) is 27.0 Å². The summed E-state index contributed by atoms with van der Waals surface area (Å²) >= 11 is 0. The number of pyridine rings is 1. The molecular weight excluding hydrogens is 724 g/mol. The van der Waals surface area contributed by atoms with Gasteiger partial charge in [-0.2, -0.15) is 0 Å². The monoisotopic (exact) mass is 763 g/mol. The number of rotatable bonds is 15. The smallest absolute Gasteiger partial charge is 0.294 e. The first kappa shape index (κ1) is 38.4. The van der Waals surface area contributed by atoms with Crippen molar-refractivity contribution in [1.82, 2.24) is 9.88 Å². The van der Waals surface area contributed by atoms with Crippen LogP contribution in [0.4, 0.5) is 31.7 Å². The Morgan fingerprint density at radius 1 is 0.873 bits per heavy atom. The van der Waals surface area contributed by atoms with E-state index in [1.54, 1.807) is 24.3 Å². The number of aromatic nitrogens is 1. The van der Waals surface area contributed by atoms with E-state index in [9.17, 15) is 14.9 Å². The number of fused-ring (bicyclic) bond motifs is 1. The molecular formula is C38H39F2N5O10. The van der Waals surface area contributed by atoms with E-state index >= 15 is 8.78 Å². The van der Waals surface area contributed by atoms with Gasteiger partial charge in [0.15, 0.2) is 46.0 Å². The fraction of sp³-hybridized carbons (Fsp3) is 0.316. The van der Waals surface area contributed by atoms with Crippen LogP contribution in [-0.4, -0.2) is 88.9 Å². The highest BCUT2D eigenvalue weighted by Gasteiger charge is 2.33. The maximum absolute atomic E-state index is 15.6. The summed E-state index contributed by atoms with van der Waals surface area (Å²) < 4.78 is 69.7. The van der Waals surface area contributed by atoms with Crippen LogP contribution < -0.4 is 38.6 Å². The standard InChI is InChI=1S/C38H39F2N5O10/c1-7-43-10-12-44(13-11-43)22-8-9-24(25(16-22)45(47)48)42-31-17-23-30(19-41-31)55-38(35(46)32-33(39)26(49-2)18-27(50-3)34(32)40)36(23)54-20-21-14-28(51-4)37(53-6)29(15-21)52-5/h8-9,14-19H,7,10-13,20H2,1-6H3,(H,41,42). The third-order valence-corrected chi connectivity index (χ3v) is 9.27. The van der Waals surface area contributed by atoms with Crippen LogP contribution in [0, 0.1) is 21.7 Å². The topological polar surface area (TPSA) is 160 Å². The van der Waals surface area contributed by atoms with Gasteiger partial charge in [-0.1, -0.05) is 6.92 Å². The molecule has 290 valence electrons. The molecule has 1 saturated heterocycles. The molecule has 1 fully saturated rings. The first-order valence-corrected chi connectivity index (χ1v) is 17.1. The first-order valence-electron chi connectivity index (χ1n) is 17.1. The number of nitrogens with zero attached hydrogens (tertiary/aromatic N) is 4. The molecule has 0 aliphatic carbocycles. The van der Waals surface area contributed by atoms with Crippen molar-refractivity contribution in [2.24, 2.45) is 0 Å². The van der Waals surface area contributed by atoms with Crippen molar-refractivity contribution in [1.29, 1.82) is 0 Å². The van der Waals surface area contributed by atoms with Crippen molar-refractivity contribution in [3.63, 3.8) is 0 Å². The van der Waals surface area contributed by atoms with Crippen LogP contribution >= 0.6 is 0 Å². The van der Waals surface area contributed by atoms with Gasteiger partial charge in [0.1, 0.15) is 23.7 Å². The SMILES string of the molecule is CCN1CCN(c2ccc(Nc3cc4c(OCc5cc(OC)c(OC)c(OC)c5)c(C(=O)c5c(F)c(OC)cc(OC)c5F)oc4cn3)c([N+](=O)[O-])c2)CC1. The van der Waals surface area contributed by atoms with Gasteiger partial charge in [0, 0.05) is 44.0 Å². The number of piperazine rings is 1. The second-order valence-corrected chi connectivity index (χ2v) is 12.3. The summed E-state index contributed by atoms with van der Waals surface area (Å²) in [5, 5.41) is 15.4. The molecule has 6 rings (SSSR count). The van der Waals surface area contributed by atoms with E-state index in [4.69, 9.17) is 32.8 Å². The molecule has 3 heterocycles. The van der Waals surface area contributed by atoms with Crippen molar-refractivity contribution >= 4 is 39.6 Å². The maximum Gasteiger partial charge on any atom is 0.294 e. The predicted octanol–water partition coefficient (Wildman–Crippen LogP) is 6.75. The molecule has 0 spiro atoms. The van der Waals surface area contributed by atoms with E-state index < -0.39 is 45.2 Å². The lowest BCUT2D eigenvalue weighted by Crippen LogP contribution is -2.46. The lowest BCUT2D eigenvalue weighted by Gasteiger charge is -2.35. The minimum Gasteiger partial charge on any atom is -0.494 e. The van der Waals surface area contributed by atoms with Crippen LogP contribution in [0.3, 0.4) is 0 Å². The minimum atomic E-state index is -1.29. The quantitative estimate of drug-likeness (QED) is 0.0677. The Kier molecular flexibility index (Phi) is 11.4. The summed E-state index contributed by atoms with van der Waals surface area (Å²) in [5.74, 6) is -4.33. The number of furan rings is 1. The molecule has 0 atom stereocenters. The van der Waals surface area contributed by atoms with E-state index in [-0.39, 0.29) is 40.5 Å². The highest BCUT2D eigenvalue weighted by Crippen LogP contribution is 2.42. The Labute approximate surface area is 314 Å². The van der Waals surface area contributed by atoms with Crippen molar-refractivity contribution in [2.75, 3.05) is 78.5 Å². The average molecular weight is 764 g/mol. The summed E-state index contributed by atoms with van der Waals surface area (Å²) in [6.45, 7) is 5.96. The number of methoxy groups -OCH3 is 5. The van der Waals surface area contributed by atoms with Crippen molar-refractivity contribution in [3.05, 3.63) is 87.3 Å². The molecule has 0 saturated carbocycles. The fourth-order valence-corrected chi connectivity index (χ4v) is 6.35. The number of ketones is 1. The number of hydrogen-bond donors (Lipinski definition) is 1. The Balaban J connectivity index is 1.42. The molecule has 0 unspecified atom stereocenters. The highest BCUT2D eigenvalue weighted by atomic mass is 19.1. The summed E-state index contributed by atoms with van der Waals surface area (Å²) in [7, 11) is 6.65. The number of ether oxygens (including phenoxy) is 6. The fourth-order valence-electron chi connectivity index (χ4n) is 6.35. The largest absolute Gasteiger partial charge is 0.494 e. The van der Waals surface area contributed by atoms with Crippen LogP contribution in [0.1, 0.15) is 28.6 Å². The van der Waals surface area contributed by atoms with Crippen LogP contribution in [0.2, 0.25) is 0 Å². The second-order valence-electron chi connectivity index (χ2n) is 12.3. The number of carbonyl (C=O) groups is 1. The summed E-state index contributed by atoms with van der Waals surface area (Å²) in [4.78, 5) is 34.6. The highest BCUT2D eigenvalue weighted by molar-refractivity contribution is 6.13. The molecule has 1 aliphatic heterocycles. The number of benzene rings is 3. The summed E-state index contributed by atoms with van der Waals surface area (Å²) in [5.41, 5.74) is 0.191. The van der Waals surface area contributed by atoms with Crippen LogP contribution in [0.5, 0.6) is 34.5 Å². The van der Waals surface area contributed by atoms with Gasteiger partial charge >= 0.3 is 0 Å². The van der Waals surface area contributed by atoms with Crippen LogP contribution in [0.15, 0.2) is 53.1 Å². The minimum absolute atomic E-state index is 0.0144. The molecule has 1 aliphatic rings.